The van der Waals surface area contributed by atoms with Gasteiger partial charge in [-0.15, -0.1) is 0 Å². The Bertz CT molecular complexity index is 348. The van der Waals surface area contributed by atoms with Crippen molar-refractivity contribution in [2.75, 3.05) is 26.2 Å². The Morgan fingerprint density at radius 1 is 1.30 bits per heavy atom. The van der Waals surface area contributed by atoms with Gasteiger partial charge in [0, 0.05) is 19.5 Å². The predicted molar refractivity (Wildman–Crippen MR) is 69.1 cm³/mol. The first-order chi connectivity index (χ1) is 9.43. The normalized spacial score (nSPS) is 30.9. The van der Waals surface area contributed by atoms with Crippen LogP contribution in [0.3, 0.4) is 0 Å². The molecule has 0 spiro atoms. The maximum Gasteiger partial charge on any atom is 0.405 e. The van der Waals surface area contributed by atoms with E-state index in [9.17, 15) is 18.0 Å². The lowest BCUT2D eigenvalue weighted by molar-refractivity contribution is -0.197. The molecule has 2 unspecified atom stereocenters. The Morgan fingerprint density at radius 2 is 2.05 bits per heavy atom. The van der Waals surface area contributed by atoms with Crippen molar-refractivity contribution in [1.29, 1.82) is 0 Å². The average molecular weight is 293 g/mol. The number of nitrogens with one attached hydrogen (secondary N) is 1. The second-order valence-corrected chi connectivity index (χ2v) is 5.45. The summed E-state index contributed by atoms with van der Waals surface area (Å²) in [6.45, 7) is 3.40. The van der Waals surface area contributed by atoms with Crippen molar-refractivity contribution < 1.29 is 18.0 Å². The second kappa shape index (κ2) is 6.30. The van der Waals surface area contributed by atoms with E-state index in [2.05, 4.69) is 10.2 Å². The van der Waals surface area contributed by atoms with Crippen LogP contribution in [-0.4, -0.2) is 60.3 Å². The largest absolute Gasteiger partial charge is 0.405 e. The number of amides is 1. The molecule has 2 atom stereocenters. The first kappa shape index (κ1) is 15.6. The topological polar surface area (TPSA) is 35.6 Å². The molecule has 7 heteroatoms. The molecule has 0 radical (unpaired) electrons. The van der Waals surface area contributed by atoms with Crippen LogP contribution >= 0.6 is 0 Å². The number of rotatable bonds is 2. The van der Waals surface area contributed by atoms with Gasteiger partial charge in [-0.05, 0) is 32.4 Å². The summed E-state index contributed by atoms with van der Waals surface area (Å²) in [7, 11) is 0. The summed E-state index contributed by atoms with van der Waals surface area (Å²) in [6, 6.07) is -1.58. The van der Waals surface area contributed by atoms with Crippen molar-refractivity contribution in [2.24, 2.45) is 0 Å². The molecular weight excluding hydrogens is 271 g/mol. The Labute approximate surface area is 117 Å². The van der Waals surface area contributed by atoms with Crippen molar-refractivity contribution in [3.05, 3.63) is 0 Å². The van der Waals surface area contributed by atoms with Crippen LogP contribution in [0.2, 0.25) is 0 Å². The molecule has 2 rings (SSSR count). The van der Waals surface area contributed by atoms with Crippen molar-refractivity contribution >= 4 is 5.91 Å². The lowest BCUT2D eigenvalue weighted by Crippen LogP contribution is -2.59. The quantitative estimate of drug-likeness (QED) is 0.839. The number of nitrogens with zero attached hydrogens (tertiary/aromatic N) is 2. The molecule has 1 N–H and O–H groups in total. The number of alkyl halides is 3. The molecular formula is C13H22F3N3O. The molecule has 2 saturated heterocycles. The van der Waals surface area contributed by atoms with E-state index in [0.717, 1.165) is 32.4 Å². The van der Waals surface area contributed by atoms with Crippen molar-refractivity contribution in [3.63, 3.8) is 0 Å². The van der Waals surface area contributed by atoms with Crippen LogP contribution in [0.5, 0.6) is 0 Å². The maximum atomic E-state index is 13.3. The minimum absolute atomic E-state index is 0.140. The molecule has 0 aromatic heterocycles. The van der Waals surface area contributed by atoms with E-state index >= 15 is 0 Å². The van der Waals surface area contributed by atoms with Crippen LogP contribution in [-0.2, 0) is 4.79 Å². The maximum absolute atomic E-state index is 13.3. The fourth-order valence-electron chi connectivity index (χ4n) is 3.18. The van der Waals surface area contributed by atoms with Crippen LogP contribution in [0.1, 0.15) is 32.6 Å². The zero-order chi connectivity index (χ0) is 14.8. The molecule has 2 heterocycles. The van der Waals surface area contributed by atoms with Gasteiger partial charge in [0.25, 0.3) is 0 Å². The summed E-state index contributed by atoms with van der Waals surface area (Å²) in [5.74, 6) is -0.291. The number of halogens is 3. The van der Waals surface area contributed by atoms with Gasteiger partial charge < -0.3 is 5.32 Å². The number of carbonyl (C=O) groups excluding carboxylic acids is 1. The van der Waals surface area contributed by atoms with Gasteiger partial charge in [0.1, 0.15) is 6.04 Å². The smallest absolute Gasteiger partial charge is 0.354 e. The third kappa shape index (κ3) is 3.44. The highest BCUT2D eigenvalue weighted by Crippen LogP contribution is 2.31. The predicted octanol–water partition coefficient (Wildman–Crippen LogP) is 1.57. The lowest BCUT2D eigenvalue weighted by atomic mass is 10.0. The van der Waals surface area contributed by atoms with E-state index in [4.69, 9.17) is 0 Å². The Balaban J connectivity index is 2.20. The van der Waals surface area contributed by atoms with Crippen molar-refractivity contribution in [3.8, 4) is 0 Å². The molecule has 0 bridgehead atoms. The first-order valence-corrected chi connectivity index (χ1v) is 7.26. The number of hydrogen-bond acceptors (Lipinski definition) is 3. The minimum Gasteiger partial charge on any atom is -0.354 e. The summed E-state index contributed by atoms with van der Waals surface area (Å²) in [4.78, 5) is 15.0. The fourth-order valence-corrected chi connectivity index (χ4v) is 3.18. The molecule has 20 heavy (non-hydrogen) atoms. The van der Waals surface area contributed by atoms with Gasteiger partial charge in [-0.1, -0.05) is 6.92 Å². The fraction of sp³-hybridized carbons (Fsp3) is 0.923. The van der Waals surface area contributed by atoms with Gasteiger partial charge in [-0.3, -0.25) is 14.6 Å². The van der Waals surface area contributed by atoms with E-state index in [0.29, 0.717) is 0 Å². The van der Waals surface area contributed by atoms with E-state index in [1.54, 1.807) is 0 Å². The highest BCUT2D eigenvalue weighted by molar-refractivity contribution is 5.76. The molecule has 2 aliphatic rings. The average Bonchev–Trinajstić information content (AvgIpc) is 2.60. The van der Waals surface area contributed by atoms with E-state index in [-0.39, 0.29) is 31.6 Å². The van der Waals surface area contributed by atoms with Gasteiger partial charge in [0.15, 0.2) is 0 Å². The van der Waals surface area contributed by atoms with Crippen molar-refractivity contribution in [2.45, 2.75) is 51.0 Å². The molecule has 0 aromatic carbocycles. The van der Waals surface area contributed by atoms with Crippen LogP contribution < -0.4 is 5.32 Å². The highest BCUT2D eigenvalue weighted by Gasteiger charge is 2.47. The van der Waals surface area contributed by atoms with Gasteiger partial charge in [0.05, 0.1) is 6.17 Å². The van der Waals surface area contributed by atoms with Gasteiger partial charge >= 0.3 is 6.18 Å². The standard InChI is InChI=1S/C13H22F3N3O/c1-2-18-7-4-3-5-12(18)19-8-6-11(20)17-9-10(19)13(14,15)16/h10,12H,2-9H2,1H3,(H,17,20). The molecule has 0 saturated carbocycles. The van der Waals surface area contributed by atoms with E-state index in [1.807, 2.05) is 6.92 Å². The molecule has 2 fully saturated rings. The zero-order valence-corrected chi connectivity index (χ0v) is 11.7. The van der Waals surface area contributed by atoms with Crippen molar-refractivity contribution in [1.82, 2.24) is 15.1 Å². The lowest BCUT2D eigenvalue weighted by Gasteiger charge is -2.45. The monoisotopic (exact) mass is 293 g/mol. The molecule has 0 aliphatic carbocycles. The zero-order valence-electron chi connectivity index (χ0n) is 11.7. The van der Waals surface area contributed by atoms with Crippen LogP contribution in [0.15, 0.2) is 0 Å². The highest BCUT2D eigenvalue weighted by atomic mass is 19.4. The summed E-state index contributed by atoms with van der Waals surface area (Å²) in [5, 5.41) is 2.38. The molecule has 2 aliphatic heterocycles. The SMILES string of the molecule is CCN1CCCCC1N1CCC(=O)NCC1C(F)(F)F. The number of carbonyl (C=O) groups is 1. The van der Waals surface area contributed by atoms with Gasteiger partial charge in [-0.25, -0.2) is 0 Å². The number of piperidine rings is 1. The first-order valence-electron chi connectivity index (χ1n) is 7.26. The summed E-state index contributed by atoms with van der Waals surface area (Å²) in [6.07, 6.45) is -1.65. The van der Waals surface area contributed by atoms with Gasteiger partial charge in [0.2, 0.25) is 5.91 Å². The Kier molecular flexibility index (Phi) is 4.90. The molecule has 116 valence electrons. The van der Waals surface area contributed by atoms with E-state index in [1.165, 1.54) is 4.90 Å². The minimum atomic E-state index is -4.31. The molecule has 0 aromatic rings. The second-order valence-electron chi connectivity index (χ2n) is 5.45. The Hall–Kier alpha value is -0.820. The Morgan fingerprint density at radius 3 is 2.70 bits per heavy atom. The van der Waals surface area contributed by atoms with Crippen LogP contribution in [0.25, 0.3) is 0 Å². The third-order valence-electron chi connectivity index (χ3n) is 4.24. The van der Waals surface area contributed by atoms with Gasteiger partial charge in [-0.2, -0.15) is 13.2 Å². The summed E-state index contributed by atoms with van der Waals surface area (Å²) < 4.78 is 39.8. The summed E-state index contributed by atoms with van der Waals surface area (Å²) >= 11 is 0. The number of hydrogen-bond donors (Lipinski definition) is 1. The van der Waals surface area contributed by atoms with E-state index < -0.39 is 12.2 Å². The van der Waals surface area contributed by atoms with Crippen LogP contribution in [0, 0.1) is 0 Å². The molecule has 4 nitrogen and oxygen atoms in total. The number of likely N-dealkylation sites (tertiary alicyclic amines) is 1. The third-order valence-corrected chi connectivity index (χ3v) is 4.24. The summed E-state index contributed by atoms with van der Waals surface area (Å²) in [5.41, 5.74) is 0. The molecule has 1 amide bonds. The van der Waals surface area contributed by atoms with Crippen LogP contribution in [0.4, 0.5) is 13.2 Å².